The topological polar surface area (TPSA) is 150 Å². The van der Waals surface area contributed by atoms with E-state index in [1.54, 1.807) is 28.8 Å². The Balaban J connectivity index is 1.06. The van der Waals surface area contributed by atoms with Gasteiger partial charge in [0.05, 0.1) is 18.1 Å². The fourth-order valence-corrected chi connectivity index (χ4v) is 7.15. The summed E-state index contributed by atoms with van der Waals surface area (Å²) in [5, 5.41) is 11.7. The van der Waals surface area contributed by atoms with Crippen LogP contribution >= 0.6 is 0 Å². The van der Waals surface area contributed by atoms with Crippen LogP contribution in [0.4, 0.5) is 11.5 Å². The number of aromatic nitrogens is 7. The summed E-state index contributed by atoms with van der Waals surface area (Å²) in [5.74, 6) is 0.734. The van der Waals surface area contributed by atoms with Crippen LogP contribution in [0.2, 0.25) is 0 Å². The standard InChI is InChI=1S/C33H36N10O3/c1-39-18-24(17-36-39)43-33(46)28(26-4-2-3-13-41(26)43)31(44)38-23-9-7-20(8-10-23)25-16-27(42-29(25)30(34)35-19-37-42)21-11-14-40(15-12-21)32(45)22-5-6-22/h7-10,16-19,21-22H,2-6,11-15H2,1H3,(H,38,44)(H2,34,35,37). The van der Waals surface area contributed by atoms with Gasteiger partial charge < -0.3 is 16.0 Å². The van der Waals surface area contributed by atoms with Crippen molar-refractivity contribution < 1.29 is 9.59 Å². The van der Waals surface area contributed by atoms with Gasteiger partial charge in [0.15, 0.2) is 5.82 Å². The molecule has 6 heterocycles. The van der Waals surface area contributed by atoms with Crippen LogP contribution in [0, 0.1) is 5.92 Å². The van der Waals surface area contributed by atoms with Crippen molar-refractivity contribution in [2.45, 2.75) is 57.4 Å². The second-order valence-electron chi connectivity index (χ2n) is 12.7. The van der Waals surface area contributed by atoms with Gasteiger partial charge in [-0.2, -0.15) is 10.2 Å². The van der Waals surface area contributed by atoms with Gasteiger partial charge in [0, 0.05) is 55.5 Å². The number of likely N-dealkylation sites (tertiary alicyclic amines) is 1. The molecular weight excluding hydrogens is 584 g/mol. The van der Waals surface area contributed by atoms with Gasteiger partial charge in [-0.15, -0.1) is 0 Å². The lowest BCUT2D eigenvalue weighted by molar-refractivity contribution is -0.133. The quantitative estimate of drug-likeness (QED) is 0.296. The summed E-state index contributed by atoms with van der Waals surface area (Å²) in [6.45, 7) is 2.16. The minimum Gasteiger partial charge on any atom is -0.382 e. The molecular formula is C33H36N10O3. The van der Waals surface area contributed by atoms with E-state index in [2.05, 4.69) is 26.6 Å². The highest BCUT2D eigenvalue weighted by molar-refractivity contribution is 6.05. The Morgan fingerprint density at radius 1 is 1.00 bits per heavy atom. The Labute approximate surface area is 264 Å². The van der Waals surface area contributed by atoms with E-state index in [1.807, 2.05) is 38.4 Å². The molecule has 0 atom stereocenters. The predicted molar refractivity (Wildman–Crippen MR) is 172 cm³/mol. The zero-order chi connectivity index (χ0) is 31.5. The third-order valence-corrected chi connectivity index (χ3v) is 9.66. The van der Waals surface area contributed by atoms with Crippen molar-refractivity contribution in [1.29, 1.82) is 0 Å². The monoisotopic (exact) mass is 620 g/mol. The maximum atomic E-state index is 13.6. The Kier molecular flexibility index (Phi) is 6.76. The van der Waals surface area contributed by atoms with E-state index in [9.17, 15) is 14.4 Å². The highest BCUT2D eigenvalue weighted by Gasteiger charge is 2.36. The van der Waals surface area contributed by atoms with Crippen molar-refractivity contribution in [3.05, 3.63) is 76.4 Å². The van der Waals surface area contributed by atoms with Crippen LogP contribution in [0.15, 0.2) is 53.8 Å². The molecule has 1 saturated carbocycles. The average molecular weight is 621 g/mol. The van der Waals surface area contributed by atoms with Crippen molar-refractivity contribution in [1.82, 2.24) is 38.6 Å². The molecule has 1 aromatic carbocycles. The number of carbonyl (C=O) groups is 2. The van der Waals surface area contributed by atoms with Crippen LogP contribution in [0.3, 0.4) is 0 Å². The number of nitrogen functional groups attached to an aromatic ring is 1. The summed E-state index contributed by atoms with van der Waals surface area (Å²) in [7, 11) is 1.80. The van der Waals surface area contributed by atoms with Crippen molar-refractivity contribution in [2.75, 3.05) is 24.1 Å². The number of nitrogens with one attached hydrogen (secondary N) is 1. The number of nitrogens with two attached hydrogens (primary N) is 1. The molecule has 236 valence electrons. The van der Waals surface area contributed by atoms with Crippen molar-refractivity contribution in [2.24, 2.45) is 13.0 Å². The summed E-state index contributed by atoms with van der Waals surface area (Å²) >= 11 is 0. The van der Waals surface area contributed by atoms with Gasteiger partial charge >= 0.3 is 0 Å². The van der Waals surface area contributed by atoms with Crippen LogP contribution in [0.1, 0.15) is 66.2 Å². The molecule has 46 heavy (non-hydrogen) atoms. The van der Waals surface area contributed by atoms with E-state index in [0.717, 1.165) is 79.6 Å². The van der Waals surface area contributed by atoms with Gasteiger partial charge in [0.2, 0.25) is 5.91 Å². The average Bonchev–Trinajstić information content (AvgIpc) is 3.61. The molecule has 2 fully saturated rings. The highest BCUT2D eigenvalue weighted by atomic mass is 16.2. The molecule has 5 aromatic rings. The van der Waals surface area contributed by atoms with Gasteiger partial charge in [0.1, 0.15) is 23.1 Å². The summed E-state index contributed by atoms with van der Waals surface area (Å²) in [5.41, 5.74) is 11.8. The third kappa shape index (κ3) is 4.77. The maximum absolute atomic E-state index is 13.6. The predicted octanol–water partition coefficient (Wildman–Crippen LogP) is 3.37. The summed E-state index contributed by atoms with van der Waals surface area (Å²) in [4.78, 5) is 46.1. The molecule has 8 rings (SSSR count). The summed E-state index contributed by atoms with van der Waals surface area (Å²) in [6, 6.07) is 9.66. The lowest BCUT2D eigenvalue weighted by Crippen LogP contribution is -2.39. The molecule has 1 saturated heterocycles. The molecule has 13 heteroatoms. The first-order valence-electron chi connectivity index (χ1n) is 16.0. The SMILES string of the molecule is Cn1cc(-n2c(=O)c(C(=O)Nc3ccc(-c4cc(C5CCN(C(=O)C6CC6)CC5)n5ncnc(N)c45)cc3)c3n2CCCC3)cn1. The second-order valence-corrected chi connectivity index (χ2v) is 12.7. The van der Waals surface area contributed by atoms with E-state index in [0.29, 0.717) is 36.1 Å². The summed E-state index contributed by atoms with van der Waals surface area (Å²) < 4.78 is 7.01. The molecule has 0 radical (unpaired) electrons. The Bertz CT molecular complexity index is 2040. The van der Waals surface area contributed by atoms with Gasteiger partial charge in [-0.05, 0) is 68.7 Å². The molecule has 2 aliphatic heterocycles. The Morgan fingerprint density at radius 2 is 1.78 bits per heavy atom. The van der Waals surface area contributed by atoms with Crippen molar-refractivity contribution in [3.8, 4) is 16.8 Å². The van der Waals surface area contributed by atoms with E-state index in [1.165, 1.54) is 6.33 Å². The Morgan fingerprint density at radius 3 is 2.50 bits per heavy atom. The Hall–Kier alpha value is -5.20. The number of hydrogen-bond donors (Lipinski definition) is 2. The first-order chi connectivity index (χ1) is 22.4. The number of piperidine rings is 1. The summed E-state index contributed by atoms with van der Waals surface area (Å²) in [6.07, 6.45) is 11.2. The highest BCUT2D eigenvalue weighted by Crippen LogP contribution is 2.38. The zero-order valence-corrected chi connectivity index (χ0v) is 25.7. The van der Waals surface area contributed by atoms with Crippen LogP contribution < -0.4 is 16.6 Å². The van der Waals surface area contributed by atoms with E-state index in [4.69, 9.17) is 5.73 Å². The number of amides is 2. The normalized spacial score (nSPS) is 16.9. The van der Waals surface area contributed by atoms with Crippen molar-refractivity contribution in [3.63, 3.8) is 0 Å². The minimum atomic E-state index is -0.424. The molecule has 0 bridgehead atoms. The van der Waals surface area contributed by atoms with Crippen molar-refractivity contribution >= 4 is 28.8 Å². The van der Waals surface area contributed by atoms with E-state index < -0.39 is 5.91 Å². The molecule has 3 N–H and O–H groups in total. The number of hydrogen-bond acceptors (Lipinski definition) is 7. The largest absolute Gasteiger partial charge is 0.382 e. The number of carbonyl (C=O) groups excluding carboxylic acids is 2. The minimum absolute atomic E-state index is 0.172. The van der Waals surface area contributed by atoms with Gasteiger partial charge in [-0.25, -0.2) is 14.2 Å². The van der Waals surface area contributed by atoms with Crippen LogP contribution in [-0.4, -0.2) is 63.5 Å². The zero-order valence-electron chi connectivity index (χ0n) is 25.7. The number of benzene rings is 1. The fourth-order valence-electron chi connectivity index (χ4n) is 7.15. The first-order valence-corrected chi connectivity index (χ1v) is 16.0. The maximum Gasteiger partial charge on any atom is 0.284 e. The number of nitrogens with zero attached hydrogens (tertiary/aromatic N) is 8. The molecule has 13 nitrogen and oxygen atoms in total. The first kappa shape index (κ1) is 28.3. The van der Waals surface area contributed by atoms with E-state index >= 15 is 0 Å². The van der Waals surface area contributed by atoms with Crippen LogP contribution in [0.25, 0.3) is 22.3 Å². The molecule has 2 amide bonds. The fraction of sp³-hybridized carbons (Fsp3) is 0.394. The third-order valence-electron chi connectivity index (χ3n) is 9.66. The number of aryl methyl sites for hydroxylation is 1. The van der Waals surface area contributed by atoms with E-state index in [-0.39, 0.29) is 23.0 Å². The molecule has 4 aromatic heterocycles. The molecule has 3 aliphatic rings. The van der Waals surface area contributed by atoms with Crippen LogP contribution in [-0.2, 0) is 24.8 Å². The lowest BCUT2D eigenvalue weighted by Gasteiger charge is -2.32. The van der Waals surface area contributed by atoms with Gasteiger partial charge in [-0.1, -0.05) is 12.1 Å². The molecule has 0 unspecified atom stereocenters. The number of rotatable bonds is 6. The smallest absolute Gasteiger partial charge is 0.284 e. The number of anilines is 2. The molecule has 0 spiro atoms. The molecule has 1 aliphatic carbocycles. The van der Waals surface area contributed by atoms with Gasteiger partial charge in [0.25, 0.3) is 11.5 Å². The number of fused-ring (bicyclic) bond motifs is 2. The van der Waals surface area contributed by atoms with Gasteiger partial charge in [-0.3, -0.25) is 23.7 Å². The second kappa shape index (κ2) is 11.0. The lowest BCUT2D eigenvalue weighted by atomic mass is 9.92. The van der Waals surface area contributed by atoms with Crippen LogP contribution in [0.5, 0.6) is 0 Å².